The topological polar surface area (TPSA) is 43.4 Å². The summed E-state index contributed by atoms with van der Waals surface area (Å²) in [5.74, 6) is -1.48. The van der Waals surface area contributed by atoms with Crippen molar-refractivity contribution in [2.75, 3.05) is 0 Å². The number of benzene rings is 3. The number of Topliss-reactive ketones (excluding diaryl/α,β-unsaturated/α-hetero) is 1. The zero-order valence-corrected chi connectivity index (χ0v) is 19.4. The Morgan fingerprint density at radius 2 is 1.13 bits per heavy atom. The van der Waals surface area contributed by atoms with Gasteiger partial charge in [-0.2, -0.15) is 0 Å². The summed E-state index contributed by atoms with van der Waals surface area (Å²) in [6.07, 6.45) is 0. The number of hydrogen-bond donors (Lipinski definition) is 0. The van der Waals surface area contributed by atoms with Gasteiger partial charge >= 0.3 is 5.97 Å². The van der Waals surface area contributed by atoms with Gasteiger partial charge in [-0.25, -0.2) is 4.79 Å². The maximum Gasteiger partial charge on any atom is 0.380 e. The van der Waals surface area contributed by atoms with Crippen LogP contribution in [0.5, 0.6) is 0 Å². The maximum atomic E-state index is 13.1. The third-order valence-electron chi connectivity index (χ3n) is 5.34. The van der Waals surface area contributed by atoms with Gasteiger partial charge in [0.2, 0.25) is 0 Å². The summed E-state index contributed by atoms with van der Waals surface area (Å²) in [6, 6.07) is 26.6. The van der Waals surface area contributed by atoms with E-state index >= 15 is 0 Å². The van der Waals surface area contributed by atoms with Crippen LogP contribution < -0.4 is 0 Å². The summed E-state index contributed by atoms with van der Waals surface area (Å²) in [7, 11) is 0. The molecule has 0 saturated carbocycles. The van der Waals surface area contributed by atoms with Crippen LogP contribution in [0, 0.1) is 0 Å². The molecule has 0 amide bonds. The second kappa shape index (κ2) is 9.55. The molecule has 0 aliphatic carbocycles. The van der Waals surface area contributed by atoms with Crippen LogP contribution >= 0.6 is 0 Å². The molecule has 0 aromatic heterocycles. The minimum atomic E-state index is -0.905. The SMILES string of the molecule is CC(C)(OC(=O)C(=O)c1ccccc1C(C)(C)c1ccccc1)c1ccccc1.[Ti]. The van der Waals surface area contributed by atoms with Crippen molar-refractivity contribution in [2.45, 2.75) is 38.7 Å². The molecule has 4 heteroatoms. The average molecular weight is 434 g/mol. The van der Waals surface area contributed by atoms with E-state index in [0.717, 1.165) is 16.7 Å². The standard InChI is InChI=1S/C26H26O3.Ti/c1-25(2,19-13-7-5-8-14-19)22-18-12-11-17-21(22)23(27)24(28)29-26(3,4)20-15-9-6-10-16-20;/h5-18H,1-4H3;. The molecule has 3 nitrogen and oxygen atoms in total. The minimum Gasteiger partial charge on any atom is -0.449 e. The second-order valence-corrected chi connectivity index (χ2v) is 8.13. The van der Waals surface area contributed by atoms with Crippen LogP contribution in [0.15, 0.2) is 84.9 Å². The Bertz CT molecular complexity index is 1010. The summed E-state index contributed by atoms with van der Waals surface area (Å²) < 4.78 is 5.63. The fourth-order valence-corrected chi connectivity index (χ4v) is 3.52. The van der Waals surface area contributed by atoms with Gasteiger partial charge in [-0.15, -0.1) is 0 Å². The molecule has 152 valence electrons. The largest absolute Gasteiger partial charge is 0.449 e. The van der Waals surface area contributed by atoms with Crippen LogP contribution in [0.2, 0.25) is 0 Å². The minimum absolute atomic E-state index is 0. The molecule has 0 radical (unpaired) electrons. The molecule has 0 atom stereocenters. The monoisotopic (exact) mass is 434 g/mol. The van der Waals surface area contributed by atoms with Gasteiger partial charge < -0.3 is 4.74 Å². The number of hydrogen-bond acceptors (Lipinski definition) is 3. The molecule has 0 aliphatic rings. The molecule has 0 N–H and O–H groups in total. The van der Waals surface area contributed by atoms with Crippen molar-refractivity contribution in [3.05, 3.63) is 107 Å². The van der Waals surface area contributed by atoms with Crippen molar-refractivity contribution in [1.82, 2.24) is 0 Å². The summed E-state index contributed by atoms with van der Waals surface area (Å²) >= 11 is 0. The Balaban J connectivity index is 0.00000320. The van der Waals surface area contributed by atoms with E-state index in [2.05, 4.69) is 0 Å². The predicted molar refractivity (Wildman–Crippen MR) is 115 cm³/mol. The Morgan fingerprint density at radius 3 is 1.70 bits per heavy atom. The first kappa shape index (κ1) is 23.8. The molecule has 0 unspecified atom stereocenters. The van der Waals surface area contributed by atoms with E-state index < -0.39 is 22.8 Å². The van der Waals surface area contributed by atoms with E-state index in [0.29, 0.717) is 5.56 Å². The normalized spacial score (nSPS) is 11.3. The van der Waals surface area contributed by atoms with Gasteiger partial charge in [-0.05, 0) is 30.5 Å². The van der Waals surface area contributed by atoms with E-state index in [4.69, 9.17) is 4.74 Å². The van der Waals surface area contributed by atoms with Crippen LogP contribution in [0.4, 0.5) is 0 Å². The fraction of sp³-hybridized carbons (Fsp3) is 0.231. The molecular formula is C26H26O3Ti. The second-order valence-electron chi connectivity index (χ2n) is 8.13. The Labute approximate surface area is 193 Å². The van der Waals surface area contributed by atoms with Crippen molar-refractivity contribution in [1.29, 1.82) is 0 Å². The number of carbonyl (C=O) groups is 2. The van der Waals surface area contributed by atoms with Crippen molar-refractivity contribution in [3.8, 4) is 0 Å². The van der Waals surface area contributed by atoms with Crippen LogP contribution in [0.3, 0.4) is 0 Å². The molecule has 0 saturated heterocycles. The number of carbonyl (C=O) groups excluding carboxylic acids is 2. The Hall–Kier alpha value is -2.49. The zero-order chi connectivity index (χ0) is 21.1. The van der Waals surface area contributed by atoms with Gasteiger partial charge in [-0.1, -0.05) is 98.8 Å². The van der Waals surface area contributed by atoms with Crippen molar-refractivity contribution < 1.29 is 36.0 Å². The third-order valence-corrected chi connectivity index (χ3v) is 5.34. The van der Waals surface area contributed by atoms with E-state index in [1.54, 1.807) is 26.0 Å². The molecule has 3 aromatic rings. The smallest absolute Gasteiger partial charge is 0.380 e. The molecule has 0 heterocycles. The number of rotatable bonds is 6. The fourth-order valence-electron chi connectivity index (χ4n) is 3.52. The summed E-state index contributed by atoms with van der Waals surface area (Å²) in [5.41, 5.74) is 1.72. The summed E-state index contributed by atoms with van der Waals surface area (Å²) in [4.78, 5) is 25.9. The van der Waals surface area contributed by atoms with Crippen LogP contribution in [0.1, 0.15) is 54.7 Å². The maximum absolute atomic E-state index is 13.1. The van der Waals surface area contributed by atoms with Crippen LogP contribution in [-0.4, -0.2) is 11.8 Å². The summed E-state index contributed by atoms with van der Waals surface area (Å²) in [6.45, 7) is 7.67. The molecular weight excluding hydrogens is 408 g/mol. The van der Waals surface area contributed by atoms with Crippen LogP contribution in [0.25, 0.3) is 0 Å². The van der Waals surface area contributed by atoms with Gasteiger partial charge in [0.1, 0.15) is 5.60 Å². The first-order valence-corrected chi connectivity index (χ1v) is 9.72. The van der Waals surface area contributed by atoms with Gasteiger partial charge in [0, 0.05) is 32.7 Å². The van der Waals surface area contributed by atoms with Gasteiger partial charge in [0.25, 0.3) is 5.78 Å². The summed E-state index contributed by atoms with van der Waals surface area (Å²) in [5, 5.41) is 0. The van der Waals surface area contributed by atoms with E-state index in [1.165, 1.54) is 0 Å². The molecule has 0 spiro atoms. The molecule has 0 bridgehead atoms. The van der Waals surface area contributed by atoms with Crippen LogP contribution in [-0.2, 0) is 42.3 Å². The molecule has 0 fully saturated rings. The first-order chi connectivity index (χ1) is 13.7. The van der Waals surface area contributed by atoms with Gasteiger partial charge in [0.15, 0.2) is 0 Å². The van der Waals surface area contributed by atoms with Gasteiger partial charge in [0.05, 0.1) is 0 Å². The van der Waals surface area contributed by atoms with Crippen molar-refractivity contribution in [2.24, 2.45) is 0 Å². The quantitative estimate of drug-likeness (QED) is 0.217. The molecule has 0 aliphatic heterocycles. The number of esters is 1. The predicted octanol–water partition coefficient (Wildman–Crippen LogP) is 5.67. The Kier molecular flexibility index (Phi) is 7.57. The number of ketones is 1. The molecule has 3 rings (SSSR count). The van der Waals surface area contributed by atoms with E-state index in [-0.39, 0.29) is 21.7 Å². The van der Waals surface area contributed by atoms with Crippen molar-refractivity contribution >= 4 is 11.8 Å². The zero-order valence-electron chi connectivity index (χ0n) is 17.8. The van der Waals surface area contributed by atoms with E-state index in [9.17, 15) is 9.59 Å². The molecule has 30 heavy (non-hydrogen) atoms. The third kappa shape index (κ3) is 4.98. The average Bonchev–Trinajstić information content (AvgIpc) is 2.74. The Morgan fingerprint density at radius 1 is 0.667 bits per heavy atom. The first-order valence-electron chi connectivity index (χ1n) is 9.72. The van der Waals surface area contributed by atoms with Crippen molar-refractivity contribution in [3.63, 3.8) is 0 Å². The van der Waals surface area contributed by atoms with Gasteiger partial charge in [-0.3, -0.25) is 4.79 Å². The van der Waals surface area contributed by atoms with E-state index in [1.807, 2.05) is 86.6 Å². The number of ether oxygens (including phenoxy) is 1. The molecule has 3 aromatic carbocycles.